The zero-order chi connectivity index (χ0) is 20.8. The van der Waals surface area contributed by atoms with Crippen molar-refractivity contribution in [1.82, 2.24) is 0 Å². The van der Waals surface area contributed by atoms with E-state index >= 15 is 0 Å². The second-order valence-electron chi connectivity index (χ2n) is 6.06. The molecule has 5 nitrogen and oxygen atoms in total. The number of methoxy groups -OCH3 is 1. The number of aryl methyl sites for hydroxylation is 1. The molecule has 0 saturated carbocycles. The van der Waals surface area contributed by atoms with E-state index in [0.29, 0.717) is 22.3 Å². The van der Waals surface area contributed by atoms with Gasteiger partial charge in [0.25, 0.3) is 5.91 Å². The zero-order valence-corrected chi connectivity index (χ0v) is 18.1. The lowest BCUT2D eigenvalue weighted by atomic mass is 10.2. The van der Waals surface area contributed by atoms with Crippen molar-refractivity contribution in [2.75, 3.05) is 12.4 Å². The molecule has 0 fully saturated rings. The molecule has 1 amide bonds. The summed E-state index contributed by atoms with van der Waals surface area (Å²) in [5.74, 6) is 0.489. The minimum Gasteiger partial charge on any atom is -0.497 e. The smallest absolute Gasteiger partial charge is 0.266 e. The molecule has 1 aromatic heterocycles. The zero-order valence-electron chi connectivity index (χ0n) is 15.7. The largest absolute Gasteiger partial charge is 0.497 e. The lowest BCUT2D eigenvalue weighted by Gasteiger charge is -2.06. The quantitative estimate of drug-likeness (QED) is 0.351. The molecule has 0 atom stereocenters. The molecule has 0 saturated heterocycles. The highest BCUT2D eigenvalue weighted by atomic mass is 79.9. The van der Waals surface area contributed by atoms with Gasteiger partial charge in [0.1, 0.15) is 23.2 Å². The third-order valence-corrected chi connectivity index (χ3v) is 5.73. The van der Waals surface area contributed by atoms with E-state index in [1.165, 1.54) is 23.4 Å². The van der Waals surface area contributed by atoms with E-state index in [1.54, 1.807) is 37.4 Å². The highest BCUT2D eigenvalue weighted by Crippen LogP contribution is 2.36. The van der Waals surface area contributed by atoms with Crippen molar-refractivity contribution in [3.63, 3.8) is 0 Å². The molecule has 0 radical (unpaired) electrons. The Bertz CT molecular complexity index is 1100. The van der Waals surface area contributed by atoms with Crippen molar-refractivity contribution in [3.8, 4) is 11.8 Å². The van der Waals surface area contributed by atoms with E-state index in [1.807, 2.05) is 37.3 Å². The summed E-state index contributed by atoms with van der Waals surface area (Å²) < 4.78 is 11.7. The Balaban J connectivity index is 1.77. The van der Waals surface area contributed by atoms with E-state index in [2.05, 4.69) is 21.2 Å². The summed E-state index contributed by atoms with van der Waals surface area (Å²) in [6.45, 7) is 2.03. The maximum atomic E-state index is 12.5. The fourth-order valence-corrected chi connectivity index (χ4v) is 3.74. The first-order chi connectivity index (χ1) is 14.0. The van der Waals surface area contributed by atoms with Crippen LogP contribution >= 0.6 is 27.7 Å². The van der Waals surface area contributed by atoms with E-state index < -0.39 is 5.91 Å². The second-order valence-corrected chi connectivity index (χ2v) is 7.96. The summed E-state index contributed by atoms with van der Waals surface area (Å²) in [5.41, 5.74) is 1.64. The molecule has 0 spiro atoms. The number of ether oxygens (including phenoxy) is 1. The lowest BCUT2D eigenvalue weighted by molar-refractivity contribution is -0.112. The van der Waals surface area contributed by atoms with Gasteiger partial charge < -0.3 is 14.5 Å². The van der Waals surface area contributed by atoms with Gasteiger partial charge in [-0.05, 0) is 53.2 Å². The van der Waals surface area contributed by atoms with E-state index in [-0.39, 0.29) is 5.57 Å². The van der Waals surface area contributed by atoms with E-state index in [4.69, 9.17) is 9.15 Å². The second kappa shape index (κ2) is 9.50. The first-order valence-electron chi connectivity index (χ1n) is 8.59. The Kier molecular flexibility index (Phi) is 6.81. The van der Waals surface area contributed by atoms with Gasteiger partial charge in [-0.15, -0.1) is 0 Å². The molecule has 7 heteroatoms. The lowest BCUT2D eigenvalue weighted by Crippen LogP contribution is -2.13. The topological polar surface area (TPSA) is 75.3 Å². The van der Waals surface area contributed by atoms with Gasteiger partial charge in [-0.1, -0.05) is 35.5 Å². The number of halogens is 1. The normalized spacial score (nSPS) is 11.0. The summed E-state index contributed by atoms with van der Waals surface area (Å²) in [6.07, 6.45) is 1.42. The molecule has 0 bridgehead atoms. The average molecular weight is 469 g/mol. The van der Waals surface area contributed by atoms with Crippen molar-refractivity contribution < 1.29 is 13.9 Å². The summed E-state index contributed by atoms with van der Waals surface area (Å²) in [4.78, 5) is 13.5. The van der Waals surface area contributed by atoms with Crippen molar-refractivity contribution in [2.24, 2.45) is 0 Å². The number of nitrogens with zero attached hydrogens (tertiary/aromatic N) is 1. The SMILES string of the molecule is COc1cccc(NC(=O)/C(C#N)=C\c2cc(Br)c(Sc3ccc(C)cc3)o2)c1. The maximum Gasteiger partial charge on any atom is 0.266 e. The maximum absolute atomic E-state index is 12.5. The molecular weight excluding hydrogens is 452 g/mol. The van der Waals surface area contributed by atoms with Crippen LogP contribution in [-0.2, 0) is 4.79 Å². The monoisotopic (exact) mass is 468 g/mol. The molecule has 146 valence electrons. The van der Waals surface area contributed by atoms with Crippen LogP contribution in [0.2, 0.25) is 0 Å². The van der Waals surface area contributed by atoms with Crippen molar-refractivity contribution in [3.05, 3.63) is 76.0 Å². The molecule has 0 unspecified atom stereocenters. The predicted molar refractivity (Wildman–Crippen MR) is 117 cm³/mol. The molecule has 0 aliphatic carbocycles. The van der Waals surface area contributed by atoms with Crippen LogP contribution < -0.4 is 10.1 Å². The van der Waals surface area contributed by atoms with Crippen LogP contribution in [0.4, 0.5) is 5.69 Å². The van der Waals surface area contributed by atoms with Crippen LogP contribution in [0.25, 0.3) is 6.08 Å². The molecule has 1 N–H and O–H groups in total. The van der Waals surface area contributed by atoms with Crippen molar-refractivity contribution >= 4 is 45.4 Å². The Morgan fingerprint density at radius 1 is 1.24 bits per heavy atom. The molecular formula is C22H17BrN2O3S. The average Bonchev–Trinajstić information content (AvgIpc) is 3.06. The number of benzene rings is 2. The fourth-order valence-electron chi connectivity index (χ4n) is 2.41. The number of amides is 1. The van der Waals surface area contributed by atoms with E-state index in [0.717, 1.165) is 9.37 Å². The van der Waals surface area contributed by atoms with Crippen LogP contribution in [0, 0.1) is 18.3 Å². The number of nitriles is 1. The Morgan fingerprint density at radius 3 is 2.69 bits per heavy atom. The molecule has 1 heterocycles. The first kappa shape index (κ1) is 20.8. The summed E-state index contributed by atoms with van der Waals surface area (Å²) >= 11 is 4.92. The van der Waals surface area contributed by atoms with Crippen molar-refractivity contribution in [1.29, 1.82) is 5.26 Å². The number of hydrogen-bond acceptors (Lipinski definition) is 5. The van der Waals surface area contributed by atoms with Crippen LogP contribution in [-0.4, -0.2) is 13.0 Å². The van der Waals surface area contributed by atoms with Gasteiger partial charge in [-0.25, -0.2) is 0 Å². The molecule has 0 aliphatic rings. The van der Waals surface area contributed by atoms with Crippen LogP contribution in [0.5, 0.6) is 5.75 Å². The highest BCUT2D eigenvalue weighted by molar-refractivity contribution is 9.10. The van der Waals surface area contributed by atoms with Crippen LogP contribution in [0.1, 0.15) is 11.3 Å². The number of anilines is 1. The standard InChI is InChI=1S/C22H17BrN2O3S/c1-14-6-8-19(9-7-14)29-22-20(23)12-18(28-22)10-15(13-24)21(26)25-16-4-3-5-17(11-16)27-2/h3-12H,1-2H3,(H,25,26)/b15-10-. The Labute approximate surface area is 181 Å². The molecule has 3 aromatic rings. The van der Waals surface area contributed by atoms with Gasteiger partial charge in [0.2, 0.25) is 0 Å². The highest BCUT2D eigenvalue weighted by Gasteiger charge is 2.14. The Morgan fingerprint density at radius 2 is 2.00 bits per heavy atom. The van der Waals surface area contributed by atoms with Gasteiger partial charge >= 0.3 is 0 Å². The van der Waals surface area contributed by atoms with Gasteiger partial charge in [-0.3, -0.25) is 4.79 Å². The number of furan rings is 1. The van der Waals surface area contributed by atoms with Gasteiger partial charge in [0.15, 0.2) is 5.09 Å². The number of hydrogen-bond donors (Lipinski definition) is 1. The number of rotatable bonds is 6. The third kappa shape index (κ3) is 5.53. The third-order valence-electron chi connectivity index (χ3n) is 3.89. The van der Waals surface area contributed by atoms with E-state index in [9.17, 15) is 10.1 Å². The molecule has 0 aliphatic heterocycles. The Hall–Kier alpha value is -2.95. The minimum atomic E-state index is -0.527. The summed E-state index contributed by atoms with van der Waals surface area (Å²) in [6, 6.07) is 18.6. The molecule has 29 heavy (non-hydrogen) atoms. The first-order valence-corrected chi connectivity index (χ1v) is 10.2. The number of carbonyl (C=O) groups is 1. The molecule has 3 rings (SSSR count). The molecule has 2 aromatic carbocycles. The van der Waals surface area contributed by atoms with Gasteiger partial charge in [0.05, 0.1) is 11.6 Å². The summed E-state index contributed by atoms with van der Waals surface area (Å²) in [5, 5.41) is 12.7. The number of nitrogens with one attached hydrogen (secondary N) is 1. The minimum absolute atomic E-state index is 0.0686. The predicted octanol–water partition coefficient (Wildman–Crippen LogP) is 6.06. The van der Waals surface area contributed by atoms with Crippen molar-refractivity contribution in [2.45, 2.75) is 16.9 Å². The van der Waals surface area contributed by atoms with Crippen LogP contribution in [0.3, 0.4) is 0 Å². The number of carbonyl (C=O) groups excluding carboxylic acids is 1. The van der Waals surface area contributed by atoms with Crippen LogP contribution in [0.15, 0.2) is 79.0 Å². The van der Waals surface area contributed by atoms with Gasteiger partial charge in [-0.2, -0.15) is 5.26 Å². The van der Waals surface area contributed by atoms with Gasteiger partial charge in [0, 0.05) is 22.7 Å². The summed E-state index contributed by atoms with van der Waals surface area (Å²) in [7, 11) is 1.54. The fraction of sp³-hybridized carbons (Fsp3) is 0.0909.